The molecular weight excluding hydrogens is 208 g/mol. The molecule has 92 valence electrons. The van der Waals surface area contributed by atoms with Gasteiger partial charge >= 0.3 is 0 Å². The highest BCUT2D eigenvalue weighted by atomic mass is 16.3. The summed E-state index contributed by atoms with van der Waals surface area (Å²) in [6.45, 7) is 6.52. The second-order valence-corrected chi connectivity index (χ2v) is 4.71. The van der Waals surface area contributed by atoms with E-state index in [-0.39, 0.29) is 6.61 Å². The molecule has 1 N–H and O–H groups in total. The molecule has 0 heterocycles. The van der Waals surface area contributed by atoms with E-state index in [0.717, 1.165) is 18.4 Å². The van der Waals surface area contributed by atoms with Crippen molar-refractivity contribution in [3.8, 4) is 0 Å². The fourth-order valence-corrected chi connectivity index (χ4v) is 1.73. The van der Waals surface area contributed by atoms with Crippen molar-refractivity contribution in [2.24, 2.45) is 0 Å². The first kappa shape index (κ1) is 13.7. The van der Waals surface area contributed by atoms with Crippen LogP contribution in [0.4, 0.5) is 0 Å². The van der Waals surface area contributed by atoms with Gasteiger partial charge in [-0.25, -0.2) is 0 Å². The molecule has 0 aliphatic heterocycles. The monoisotopic (exact) mass is 230 g/mol. The minimum Gasteiger partial charge on any atom is -0.392 e. The molecule has 0 radical (unpaired) electrons. The van der Waals surface area contributed by atoms with Crippen LogP contribution in [0.15, 0.2) is 41.5 Å². The van der Waals surface area contributed by atoms with E-state index in [2.05, 4.69) is 39.0 Å². The maximum atomic E-state index is 9.07. The van der Waals surface area contributed by atoms with E-state index in [4.69, 9.17) is 5.11 Å². The highest BCUT2D eigenvalue weighted by Crippen LogP contribution is 2.13. The second-order valence-electron chi connectivity index (χ2n) is 4.71. The lowest BCUT2D eigenvalue weighted by molar-refractivity contribution is 0.282. The summed E-state index contributed by atoms with van der Waals surface area (Å²) in [5.41, 5.74) is 4.89. The lowest BCUT2D eigenvalue weighted by atomic mass is 10.1. The van der Waals surface area contributed by atoms with Gasteiger partial charge in [0, 0.05) is 0 Å². The average molecular weight is 230 g/mol. The second kappa shape index (κ2) is 7.08. The molecule has 1 nitrogen and oxygen atoms in total. The standard InChI is InChI=1S/C16H22O/c1-13(2)6-4-7-14(3)10-15-8-5-9-16(11-15)12-17/h5-6,8-11,17H,4,7,12H2,1-3H3/b14-10+. The van der Waals surface area contributed by atoms with Gasteiger partial charge in [-0.3, -0.25) is 0 Å². The highest BCUT2D eigenvalue weighted by molar-refractivity contribution is 5.53. The Morgan fingerprint density at radius 1 is 1.24 bits per heavy atom. The summed E-state index contributed by atoms with van der Waals surface area (Å²) in [4.78, 5) is 0. The van der Waals surface area contributed by atoms with Gasteiger partial charge in [-0.1, -0.05) is 41.5 Å². The molecule has 0 aliphatic rings. The van der Waals surface area contributed by atoms with Gasteiger partial charge in [0.15, 0.2) is 0 Å². The maximum absolute atomic E-state index is 9.07. The van der Waals surface area contributed by atoms with Crippen molar-refractivity contribution in [1.82, 2.24) is 0 Å². The molecule has 1 aromatic carbocycles. The third-order valence-electron chi connectivity index (χ3n) is 2.64. The van der Waals surface area contributed by atoms with Crippen LogP contribution in [0.2, 0.25) is 0 Å². The van der Waals surface area contributed by atoms with Gasteiger partial charge in [0.2, 0.25) is 0 Å². The van der Waals surface area contributed by atoms with Crippen molar-refractivity contribution >= 4 is 6.08 Å². The maximum Gasteiger partial charge on any atom is 0.0682 e. The molecule has 0 fully saturated rings. The van der Waals surface area contributed by atoms with Crippen LogP contribution in [0.5, 0.6) is 0 Å². The molecule has 1 aromatic rings. The number of hydrogen-bond acceptors (Lipinski definition) is 1. The molecule has 1 rings (SSSR count). The van der Waals surface area contributed by atoms with Crippen LogP contribution in [0, 0.1) is 0 Å². The van der Waals surface area contributed by atoms with Crippen LogP contribution in [0.1, 0.15) is 44.7 Å². The minimum atomic E-state index is 0.110. The molecule has 0 saturated heterocycles. The topological polar surface area (TPSA) is 20.2 Å². The number of allylic oxidation sites excluding steroid dienone is 3. The van der Waals surface area contributed by atoms with E-state index in [1.165, 1.54) is 16.7 Å². The summed E-state index contributed by atoms with van der Waals surface area (Å²) >= 11 is 0. The summed E-state index contributed by atoms with van der Waals surface area (Å²) in [6, 6.07) is 8.03. The van der Waals surface area contributed by atoms with Gasteiger partial charge < -0.3 is 5.11 Å². The fourth-order valence-electron chi connectivity index (χ4n) is 1.73. The Bertz CT molecular complexity index is 409. The van der Waals surface area contributed by atoms with Gasteiger partial charge in [-0.15, -0.1) is 0 Å². The van der Waals surface area contributed by atoms with E-state index in [1.54, 1.807) is 0 Å². The number of aliphatic hydroxyl groups excluding tert-OH is 1. The van der Waals surface area contributed by atoms with Gasteiger partial charge in [0.1, 0.15) is 0 Å². The number of benzene rings is 1. The normalized spacial score (nSPS) is 11.4. The molecule has 0 aliphatic carbocycles. The molecule has 17 heavy (non-hydrogen) atoms. The molecule has 0 saturated carbocycles. The summed E-state index contributed by atoms with van der Waals surface area (Å²) in [6.07, 6.45) is 6.65. The van der Waals surface area contributed by atoms with Crippen molar-refractivity contribution in [2.75, 3.05) is 0 Å². The summed E-state index contributed by atoms with van der Waals surface area (Å²) < 4.78 is 0. The van der Waals surface area contributed by atoms with Crippen molar-refractivity contribution in [2.45, 2.75) is 40.2 Å². The number of aliphatic hydroxyl groups is 1. The first-order chi connectivity index (χ1) is 8.11. The summed E-state index contributed by atoms with van der Waals surface area (Å²) in [5.74, 6) is 0. The zero-order chi connectivity index (χ0) is 12.7. The van der Waals surface area contributed by atoms with Gasteiger partial charge in [0.05, 0.1) is 6.61 Å². The van der Waals surface area contributed by atoms with Gasteiger partial charge in [-0.05, 0) is 50.8 Å². The van der Waals surface area contributed by atoms with Gasteiger partial charge in [-0.2, -0.15) is 0 Å². The largest absolute Gasteiger partial charge is 0.392 e. The van der Waals surface area contributed by atoms with Crippen molar-refractivity contribution in [3.63, 3.8) is 0 Å². The summed E-state index contributed by atoms with van der Waals surface area (Å²) in [5, 5.41) is 9.07. The Morgan fingerprint density at radius 2 is 2.00 bits per heavy atom. The number of hydrogen-bond donors (Lipinski definition) is 1. The molecule has 0 spiro atoms. The van der Waals surface area contributed by atoms with Crippen LogP contribution < -0.4 is 0 Å². The van der Waals surface area contributed by atoms with Crippen LogP contribution in [-0.2, 0) is 6.61 Å². The van der Waals surface area contributed by atoms with E-state index in [1.807, 2.05) is 18.2 Å². The van der Waals surface area contributed by atoms with E-state index in [9.17, 15) is 0 Å². The molecule has 0 atom stereocenters. The van der Waals surface area contributed by atoms with E-state index in [0.29, 0.717) is 0 Å². The Morgan fingerprint density at radius 3 is 2.65 bits per heavy atom. The Labute approximate surface area is 104 Å². The van der Waals surface area contributed by atoms with Crippen molar-refractivity contribution < 1.29 is 5.11 Å². The SMILES string of the molecule is CC(C)=CCC/C(C)=C/c1cccc(CO)c1. The van der Waals surface area contributed by atoms with Crippen LogP contribution in [-0.4, -0.2) is 5.11 Å². The molecular formula is C16H22O. The van der Waals surface area contributed by atoms with Gasteiger partial charge in [0.25, 0.3) is 0 Å². The highest BCUT2D eigenvalue weighted by Gasteiger charge is 1.94. The molecule has 0 bridgehead atoms. The fraction of sp³-hybridized carbons (Fsp3) is 0.375. The lowest BCUT2D eigenvalue weighted by Gasteiger charge is -2.02. The third kappa shape index (κ3) is 5.50. The zero-order valence-corrected chi connectivity index (χ0v) is 11.0. The Hall–Kier alpha value is -1.34. The number of rotatable bonds is 5. The smallest absolute Gasteiger partial charge is 0.0682 e. The predicted molar refractivity (Wildman–Crippen MR) is 74.7 cm³/mol. The molecule has 1 heteroatoms. The molecule has 0 amide bonds. The summed E-state index contributed by atoms with van der Waals surface area (Å²) in [7, 11) is 0. The van der Waals surface area contributed by atoms with Crippen LogP contribution >= 0.6 is 0 Å². The predicted octanol–water partition coefficient (Wildman–Crippen LogP) is 4.33. The van der Waals surface area contributed by atoms with Crippen molar-refractivity contribution in [1.29, 1.82) is 0 Å². The zero-order valence-electron chi connectivity index (χ0n) is 11.0. The molecule has 0 unspecified atom stereocenters. The van der Waals surface area contributed by atoms with Crippen LogP contribution in [0.3, 0.4) is 0 Å². The third-order valence-corrected chi connectivity index (χ3v) is 2.64. The molecule has 0 aromatic heterocycles. The van der Waals surface area contributed by atoms with Crippen LogP contribution in [0.25, 0.3) is 6.08 Å². The van der Waals surface area contributed by atoms with E-state index < -0.39 is 0 Å². The van der Waals surface area contributed by atoms with Crippen molar-refractivity contribution in [3.05, 3.63) is 52.6 Å². The van der Waals surface area contributed by atoms with E-state index >= 15 is 0 Å². The lowest BCUT2D eigenvalue weighted by Crippen LogP contribution is -1.84. The quantitative estimate of drug-likeness (QED) is 0.746. The average Bonchev–Trinajstić information content (AvgIpc) is 2.28. The Balaban J connectivity index is 2.63. The minimum absolute atomic E-state index is 0.110. The first-order valence-corrected chi connectivity index (χ1v) is 6.12. The first-order valence-electron chi connectivity index (χ1n) is 6.12. The Kier molecular flexibility index (Phi) is 5.71.